The van der Waals surface area contributed by atoms with Gasteiger partial charge in [-0.25, -0.2) is 4.98 Å². The van der Waals surface area contributed by atoms with Crippen molar-refractivity contribution in [2.24, 2.45) is 0 Å². The minimum atomic E-state index is -0.954. The van der Waals surface area contributed by atoms with Crippen LogP contribution in [-0.2, 0) is 4.79 Å². The van der Waals surface area contributed by atoms with Crippen LogP contribution >= 0.6 is 0 Å². The van der Waals surface area contributed by atoms with E-state index in [4.69, 9.17) is 0 Å². The molecular weight excluding hydrogens is 482 g/mol. The highest BCUT2D eigenvalue weighted by molar-refractivity contribution is 6.09. The summed E-state index contributed by atoms with van der Waals surface area (Å²) in [6.07, 6.45) is 1.46. The molecule has 3 aromatic carbocycles. The van der Waals surface area contributed by atoms with E-state index in [2.05, 4.69) is 20.6 Å². The van der Waals surface area contributed by atoms with E-state index in [-0.39, 0.29) is 18.2 Å². The lowest BCUT2D eigenvalue weighted by atomic mass is 9.85. The number of anilines is 2. The van der Waals surface area contributed by atoms with Crippen molar-refractivity contribution in [1.29, 1.82) is 0 Å². The molecule has 2 amide bonds. The Hall–Kier alpha value is -4.66. The molecule has 1 aliphatic heterocycles. The summed E-state index contributed by atoms with van der Waals surface area (Å²) in [4.78, 5) is 47.0. The Morgan fingerprint density at radius 2 is 1.76 bits per heavy atom. The van der Waals surface area contributed by atoms with Gasteiger partial charge in [0, 0.05) is 42.9 Å². The fourth-order valence-corrected chi connectivity index (χ4v) is 4.92. The number of aromatic amines is 1. The number of carboxylic acid groups (broad SMARTS) is 1. The SMILES string of the molecule is CN1C(=O)c2ccccc2C(CC(=O)O)c2ccc(C(=O)NCCCCNc3nc4ccccc4[nH]3)cc21. The monoisotopic (exact) mass is 511 g/mol. The molecule has 0 saturated heterocycles. The van der Waals surface area contributed by atoms with Crippen molar-refractivity contribution in [3.05, 3.63) is 89.0 Å². The maximum absolute atomic E-state index is 13.2. The number of hydrogen-bond acceptors (Lipinski definition) is 5. The van der Waals surface area contributed by atoms with Gasteiger partial charge in [0.05, 0.1) is 17.5 Å². The Morgan fingerprint density at radius 1 is 1.00 bits per heavy atom. The van der Waals surface area contributed by atoms with Gasteiger partial charge < -0.3 is 25.6 Å². The number of nitrogens with zero attached hydrogens (tertiary/aromatic N) is 2. The number of hydrogen-bond donors (Lipinski definition) is 4. The second-order valence-electron chi connectivity index (χ2n) is 9.37. The summed E-state index contributed by atoms with van der Waals surface area (Å²) in [7, 11) is 1.65. The second kappa shape index (κ2) is 10.8. The lowest BCUT2D eigenvalue weighted by Crippen LogP contribution is -2.28. The van der Waals surface area contributed by atoms with E-state index in [0.717, 1.165) is 29.8 Å². The van der Waals surface area contributed by atoms with E-state index in [1.165, 1.54) is 4.90 Å². The van der Waals surface area contributed by atoms with Gasteiger partial charge in [-0.3, -0.25) is 14.4 Å². The normalized spacial score (nSPS) is 14.5. The Balaban J connectivity index is 1.22. The van der Waals surface area contributed by atoms with Crippen molar-refractivity contribution in [3.63, 3.8) is 0 Å². The van der Waals surface area contributed by atoms with Crippen molar-refractivity contribution in [3.8, 4) is 0 Å². The molecule has 0 spiro atoms. The van der Waals surface area contributed by atoms with Crippen LogP contribution in [0.25, 0.3) is 11.0 Å². The summed E-state index contributed by atoms with van der Waals surface area (Å²) in [6, 6.07) is 20.1. The van der Waals surface area contributed by atoms with E-state index >= 15 is 0 Å². The highest BCUT2D eigenvalue weighted by Crippen LogP contribution is 2.40. The van der Waals surface area contributed by atoms with Crippen molar-refractivity contribution >= 4 is 40.5 Å². The first kappa shape index (κ1) is 25.0. The van der Waals surface area contributed by atoms with Crippen molar-refractivity contribution in [2.45, 2.75) is 25.2 Å². The number of carbonyl (C=O) groups is 3. The zero-order chi connectivity index (χ0) is 26.6. The topological polar surface area (TPSA) is 127 Å². The van der Waals surface area contributed by atoms with Gasteiger partial charge in [0.2, 0.25) is 5.95 Å². The summed E-state index contributed by atoms with van der Waals surface area (Å²) in [6.45, 7) is 1.21. The molecule has 1 aliphatic rings. The van der Waals surface area contributed by atoms with Crippen LogP contribution in [0.2, 0.25) is 0 Å². The van der Waals surface area contributed by atoms with Gasteiger partial charge in [-0.05, 0) is 54.3 Å². The maximum atomic E-state index is 13.2. The Kier molecular flexibility index (Phi) is 7.08. The Bertz CT molecular complexity index is 1480. The summed E-state index contributed by atoms with van der Waals surface area (Å²) >= 11 is 0. The highest BCUT2D eigenvalue weighted by atomic mass is 16.4. The number of imidazole rings is 1. The summed E-state index contributed by atoms with van der Waals surface area (Å²) in [5, 5.41) is 15.8. The van der Waals surface area contributed by atoms with Gasteiger partial charge >= 0.3 is 5.97 Å². The van der Waals surface area contributed by atoms with E-state index in [9.17, 15) is 19.5 Å². The number of carboxylic acids is 1. The molecule has 4 aromatic rings. The average Bonchev–Trinajstić information content (AvgIpc) is 3.32. The molecule has 0 radical (unpaired) electrons. The van der Waals surface area contributed by atoms with Crippen LogP contribution in [0, 0.1) is 0 Å². The van der Waals surface area contributed by atoms with Crippen LogP contribution in [-0.4, -0.2) is 53.0 Å². The molecule has 9 nitrogen and oxygen atoms in total. The Morgan fingerprint density at radius 3 is 2.58 bits per heavy atom. The largest absolute Gasteiger partial charge is 0.481 e. The fourth-order valence-electron chi connectivity index (χ4n) is 4.92. The quantitative estimate of drug-likeness (QED) is 0.247. The molecule has 0 bridgehead atoms. The van der Waals surface area contributed by atoms with Gasteiger partial charge in [-0.15, -0.1) is 0 Å². The zero-order valence-electron chi connectivity index (χ0n) is 21.0. The standard InChI is InChI=1S/C29H29N5O4/c1-34-25-16-18(12-13-20(25)22(17-26(35)36)19-8-2-3-9-21(19)28(34)38)27(37)30-14-6-7-15-31-29-32-23-10-4-5-11-24(23)33-29/h2-5,8-13,16,22H,6-7,14-15,17H2,1H3,(H,30,37)(H,35,36)(H2,31,32,33). The molecule has 0 aliphatic carbocycles. The molecule has 1 atom stereocenters. The van der Waals surface area contributed by atoms with Crippen LogP contribution < -0.4 is 15.5 Å². The Labute approximate surface area is 219 Å². The van der Waals surface area contributed by atoms with E-state index < -0.39 is 11.9 Å². The summed E-state index contributed by atoms with van der Waals surface area (Å²) in [5.41, 5.74) is 4.71. The van der Waals surface area contributed by atoms with Crippen LogP contribution in [0.4, 0.5) is 11.6 Å². The number of benzene rings is 3. The predicted octanol–water partition coefficient (Wildman–Crippen LogP) is 4.38. The molecule has 38 heavy (non-hydrogen) atoms. The minimum absolute atomic E-state index is 0.154. The van der Waals surface area contributed by atoms with E-state index in [1.807, 2.05) is 24.3 Å². The number of unbranched alkanes of at least 4 members (excludes halogenated alkanes) is 1. The van der Waals surface area contributed by atoms with Gasteiger partial charge in [0.25, 0.3) is 11.8 Å². The third-order valence-corrected chi connectivity index (χ3v) is 6.85. The predicted molar refractivity (Wildman–Crippen MR) is 146 cm³/mol. The molecule has 9 heteroatoms. The van der Waals surface area contributed by atoms with Crippen molar-refractivity contribution in [2.75, 3.05) is 30.4 Å². The lowest BCUT2D eigenvalue weighted by Gasteiger charge is -2.21. The second-order valence-corrected chi connectivity index (χ2v) is 9.37. The van der Waals surface area contributed by atoms with Crippen LogP contribution in [0.3, 0.4) is 0 Å². The molecule has 0 saturated carbocycles. The van der Waals surface area contributed by atoms with Gasteiger partial charge in [-0.2, -0.15) is 0 Å². The average molecular weight is 512 g/mol. The maximum Gasteiger partial charge on any atom is 0.304 e. The molecule has 194 valence electrons. The first-order valence-electron chi connectivity index (χ1n) is 12.6. The van der Waals surface area contributed by atoms with Crippen LogP contribution in [0.5, 0.6) is 0 Å². The van der Waals surface area contributed by atoms with E-state index in [1.54, 1.807) is 49.5 Å². The fraction of sp³-hybridized carbons (Fsp3) is 0.241. The zero-order valence-corrected chi connectivity index (χ0v) is 21.0. The number of para-hydroxylation sites is 2. The molecular formula is C29H29N5O4. The summed E-state index contributed by atoms with van der Waals surface area (Å²) in [5.74, 6) is -1.20. The highest BCUT2D eigenvalue weighted by Gasteiger charge is 2.32. The van der Waals surface area contributed by atoms with Crippen LogP contribution in [0.1, 0.15) is 57.0 Å². The van der Waals surface area contributed by atoms with Gasteiger partial charge in [-0.1, -0.05) is 36.4 Å². The number of nitrogens with one attached hydrogen (secondary N) is 3. The number of rotatable bonds is 9. The third kappa shape index (κ3) is 5.08. The number of fused-ring (bicyclic) bond motifs is 3. The molecule has 5 rings (SSSR count). The molecule has 0 fully saturated rings. The van der Waals surface area contributed by atoms with Gasteiger partial charge in [0.1, 0.15) is 0 Å². The van der Waals surface area contributed by atoms with Crippen molar-refractivity contribution < 1.29 is 19.5 Å². The third-order valence-electron chi connectivity index (χ3n) is 6.85. The number of aliphatic carboxylic acids is 1. The molecule has 1 aromatic heterocycles. The number of amides is 2. The summed E-state index contributed by atoms with van der Waals surface area (Å²) < 4.78 is 0. The number of aromatic nitrogens is 2. The van der Waals surface area contributed by atoms with Gasteiger partial charge in [0.15, 0.2) is 0 Å². The number of H-pyrrole nitrogens is 1. The number of carbonyl (C=O) groups excluding carboxylic acids is 2. The van der Waals surface area contributed by atoms with Crippen molar-refractivity contribution in [1.82, 2.24) is 15.3 Å². The first-order valence-corrected chi connectivity index (χ1v) is 12.6. The van der Waals surface area contributed by atoms with E-state index in [0.29, 0.717) is 41.0 Å². The minimum Gasteiger partial charge on any atom is -0.481 e. The molecule has 2 heterocycles. The molecule has 1 unspecified atom stereocenters. The first-order chi connectivity index (χ1) is 18.4. The molecule has 4 N–H and O–H groups in total. The van der Waals surface area contributed by atoms with Crippen LogP contribution in [0.15, 0.2) is 66.7 Å². The smallest absolute Gasteiger partial charge is 0.304 e. The lowest BCUT2D eigenvalue weighted by molar-refractivity contribution is -0.137.